The Balaban J connectivity index is 1.72. The van der Waals surface area contributed by atoms with Crippen molar-refractivity contribution in [1.29, 1.82) is 0 Å². The van der Waals surface area contributed by atoms with E-state index in [1.165, 1.54) is 0 Å². The second-order valence-corrected chi connectivity index (χ2v) is 6.68. The molecule has 0 saturated carbocycles. The Labute approximate surface area is 153 Å². The predicted molar refractivity (Wildman–Crippen MR) is 94.5 cm³/mol. The van der Waals surface area contributed by atoms with Crippen LogP contribution in [0.15, 0.2) is 33.5 Å². The molecule has 0 radical (unpaired) electrons. The molecule has 0 unspecified atom stereocenters. The number of hydrogen-bond acceptors (Lipinski definition) is 5. The maximum atomic E-state index is 12.5. The molecule has 2 aromatic heterocycles. The summed E-state index contributed by atoms with van der Waals surface area (Å²) in [6.45, 7) is 2.82. The third kappa shape index (κ3) is 3.91. The smallest absolute Gasteiger partial charge is 0.255 e. The molecule has 1 saturated heterocycles. The number of amides is 1. The van der Waals surface area contributed by atoms with Gasteiger partial charge >= 0.3 is 0 Å². The number of carbonyl (C=O) groups excluding carboxylic acids is 1. The SMILES string of the molecule is CN(Cc1ccc(Br)o1)c1ncc(C(=O)N2CCOCC2)cc1Cl. The summed E-state index contributed by atoms with van der Waals surface area (Å²) < 4.78 is 11.4. The van der Waals surface area contributed by atoms with Crippen LogP contribution >= 0.6 is 27.5 Å². The maximum Gasteiger partial charge on any atom is 0.255 e. The number of rotatable bonds is 4. The van der Waals surface area contributed by atoms with Crippen molar-refractivity contribution < 1.29 is 13.9 Å². The van der Waals surface area contributed by atoms with E-state index < -0.39 is 0 Å². The maximum absolute atomic E-state index is 12.5. The summed E-state index contributed by atoms with van der Waals surface area (Å²) in [6, 6.07) is 5.38. The molecule has 0 spiro atoms. The minimum absolute atomic E-state index is 0.0723. The molecule has 1 aliphatic rings. The first-order valence-corrected chi connectivity index (χ1v) is 8.69. The molecular weight excluding hydrogens is 398 g/mol. The second kappa shape index (κ2) is 7.55. The molecule has 1 fully saturated rings. The van der Waals surface area contributed by atoms with Crippen LogP contribution in [-0.4, -0.2) is 49.1 Å². The summed E-state index contributed by atoms with van der Waals surface area (Å²) in [5.74, 6) is 1.32. The highest BCUT2D eigenvalue weighted by Gasteiger charge is 2.20. The van der Waals surface area contributed by atoms with E-state index in [0.29, 0.717) is 53.9 Å². The first-order chi connectivity index (χ1) is 11.5. The highest BCUT2D eigenvalue weighted by Crippen LogP contribution is 2.26. The van der Waals surface area contributed by atoms with Crippen LogP contribution < -0.4 is 4.90 Å². The molecule has 24 heavy (non-hydrogen) atoms. The summed E-state index contributed by atoms with van der Waals surface area (Å²) in [5, 5.41) is 0.433. The lowest BCUT2D eigenvalue weighted by Gasteiger charge is -2.27. The predicted octanol–water partition coefficient (Wildman–Crippen LogP) is 3.20. The van der Waals surface area contributed by atoms with Gasteiger partial charge in [-0.2, -0.15) is 0 Å². The zero-order valence-corrected chi connectivity index (χ0v) is 15.5. The first kappa shape index (κ1) is 17.3. The van der Waals surface area contributed by atoms with Crippen LogP contribution in [0.2, 0.25) is 5.02 Å². The van der Waals surface area contributed by atoms with Gasteiger partial charge in [-0.1, -0.05) is 11.6 Å². The number of nitrogens with zero attached hydrogens (tertiary/aromatic N) is 3. The Bertz CT molecular complexity index is 731. The van der Waals surface area contributed by atoms with Crippen molar-refractivity contribution in [1.82, 2.24) is 9.88 Å². The topological polar surface area (TPSA) is 58.8 Å². The number of morpholine rings is 1. The number of aromatic nitrogens is 1. The van der Waals surface area contributed by atoms with E-state index in [-0.39, 0.29) is 5.91 Å². The fraction of sp³-hybridized carbons (Fsp3) is 0.375. The summed E-state index contributed by atoms with van der Waals surface area (Å²) in [4.78, 5) is 20.4. The lowest BCUT2D eigenvalue weighted by Crippen LogP contribution is -2.40. The quantitative estimate of drug-likeness (QED) is 0.769. The van der Waals surface area contributed by atoms with Gasteiger partial charge in [-0.05, 0) is 34.1 Å². The van der Waals surface area contributed by atoms with Crippen LogP contribution in [0, 0.1) is 0 Å². The highest BCUT2D eigenvalue weighted by atomic mass is 79.9. The number of ether oxygens (including phenoxy) is 1. The van der Waals surface area contributed by atoms with Crippen molar-refractivity contribution in [2.75, 3.05) is 38.3 Å². The van der Waals surface area contributed by atoms with Gasteiger partial charge in [0.15, 0.2) is 4.67 Å². The van der Waals surface area contributed by atoms with Crippen molar-refractivity contribution in [2.24, 2.45) is 0 Å². The highest BCUT2D eigenvalue weighted by molar-refractivity contribution is 9.10. The first-order valence-electron chi connectivity index (χ1n) is 7.52. The summed E-state index contributed by atoms with van der Waals surface area (Å²) in [7, 11) is 1.87. The van der Waals surface area contributed by atoms with Gasteiger partial charge in [-0.15, -0.1) is 0 Å². The van der Waals surface area contributed by atoms with Crippen LogP contribution in [0.1, 0.15) is 16.1 Å². The number of anilines is 1. The molecule has 1 aliphatic heterocycles. The largest absolute Gasteiger partial charge is 0.452 e. The lowest BCUT2D eigenvalue weighted by molar-refractivity contribution is 0.0302. The summed E-state index contributed by atoms with van der Waals surface area (Å²) in [6.07, 6.45) is 1.56. The van der Waals surface area contributed by atoms with Gasteiger partial charge in [0, 0.05) is 26.3 Å². The van der Waals surface area contributed by atoms with Crippen LogP contribution in [0.25, 0.3) is 0 Å². The average molecular weight is 415 g/mol. The molecular formula is C16H17BrClN3O3. The Morgan fingerprint density at radius 3 is 2.79 bits per heavy atom. The van der Waals surface area contributed by atoms with Gasteiger partial charge in [0.1, 0.15) is 11.6 Å². The molecule has 3 rings (SSSR count). The van der Waals surface area contributed by atoms with Gasteiger partial charge in [0.05, 0.1) is 30.3 Å². The minimum Gasteiger partial charge on any atom is -0.452 e. The van der Waals surface area contributed by atoms with Gasteiger partial charge in [-0.3, -0.25) is 4.79 Å². The van der Waals surface area contributed by atoms with Crippen LogP contribution in [0.4, 0.5) is 5.82 Å². The molecule has 0 atom stereocenters. The van der Waals surface area contributed by atoms with E-state index in [9.17, 15) is 4.79 Å². The Hall–Kier alpha value is -1.57. The van der Waals surface area contributed by atoms with E-state index >= 15 is 0 Å². The van der Waals surface area contributed by atoms with E-state index in [2.05, 4.69) is 20.9 Å². The van der Waals surface area contributed by atoms with E-state index in [1.807, 2.05) is 24.1 Å². The third-order valence-electron chi connectivity index (χ3n) is 3.75. The minimum atomic E-state index is -0.0723. The molecule has 6 nitrogen and oxygen atoms in total. The van der Waals surface area contributed by atoms with Crippen molar-refractivity contribution in [3.8, 4) is 0 Å². The molecule has 3 heterocycles. The number of hydrogen-bond donors (Lipinski definition) is 0. The lowest BCUT2D eigenvalue weighted by atomic mass is 10.2. The fourth-order valence-corrected chi connectivity index (χ4v) is 3.17. The van der Waals surface area contributed by atoms with Crippen LogP contribution in [0.5, 0.6) is 0 Å². The third-order valence-corrected chi connectivity index (χ3v) is 4.45. The van der Waals surface area contributed by atoms with Crippen molar-refractivity contribution >= 4 is 39.3 Å². The second-order valence-electron chi connectivity index (χ2n) is 5.50. The Morgan fingerprint density at radius 2 is 2.17 bits per heavy atom. The zero-order valence-electron chi connectivity index (χ0n) is 13.2. The normalized spacial score (nSPS) is 14.7. The molecule has 2 aromatic rings. The molecule has 1 amide bonds. The van der Waals surface area contributed by atoms with Crippen LogP contribution in [0.3, 0.4) is 0 Å². The average Bonchev–Trinajstić information content (AvgIpc) is 2.99. The van der Waals surface area contributed by atoms with Crippen molar-refractivity contribution in [2.45, 2.75) is 6.54 Å². The fourth-order valence-electron chi connectivity index (χ4n) is 2.52. The molecule has 0 N–H and O–H groups in total. The van der Waals surface area contributed by atoms with Crippen molar-refractivity contribution in [3.63, 3.8) is 0 Å². The van der Waals surface area contributed by atoms with Crippen molar-refractivity contribution in [3.05, 3.63) is 45.4 Å². The van der Waals surface area contributed by atoms with E-state index in [4.69, 9.17) is 20.8 Å². The van der Waals surface area contributed by atoms with Gasteiger partial charge in [0.25, 0.3) is 5.91 Å². The molecule has 0 bridgehead atoms. The van der Waals surface area contributed by atoms with E-state index in [1.54, 1.807) is 17.2 Å². The Kier molecular flexibility index (Phi) is 5.43. The number of halogens is 2. The Morgan fingerprint density at radius 1 is 1.42 bits per heavy atom. The monoisotopic (exact) mass is 413 g/mol. The standard InChI is InChI=1S/C16H17BrClN3O3/c1-20(10-12-2-3-14(17)24-12)15-13(18)8-11(9-19-15)16(22)21-4-6-23-7-5-21/h2-3,8-9H,4-7,10H2,1H3. The summed E-state index contributed by atoms with van der Waals surface area (Å²) in [5.41, 5.74) is 0.486. The van der Waals surface area contributed by atoms with Gasteiger partial charge < -0.3 is 19.0 Å². The molecule has 0 aliphatic carbocycles. The van der Waals surface area contributed by atoms with Gasteiger partial charge in [0.2, 0.25) is 0 Å². The zero-order chi connectivity index (χ0) is 17.1. The van der Waals surface area contributed by atoms with Crippen LogP contribution in [-0.2, 0) is 11.3 Å². The van der Waals surface area contributed by atoms with E-state index in [0.717, 1.165) is 5.76 Å². The number of pyridine rings is 1. The number of furan rings is 1. The molecule has 8 heteroatoms. The van der Waals surface area contributed by atoms with Gasteiger partial charge in [-0.25, -0.2) is 4.98 Å². The molecule has 0 aromatic carbocycles. The summed E-state index contributed by atoms with van der Waals surface area (Å²) >= 11 is 9.62. The molecule has 128 valence electrons. The number of carbonyl (C=O) groups is 1.